The van der Waals surface area contributed by atoms with Crippen LogP contribution >= 0.6 is 11.8 Å². The van der Waals surface area contributed by atoms with Crippen LogP contribution in [0.2, 0.25) is 0 Å². The third-order valence-corrected chi connectivity index (χ3v) is 6.90. The van der Waals surface area contributed by atoms with Crippen LogP contribution in [-0.4, -0.2) is 50.0 Å². The van der Waals surface area contributed by atoms with Gasteiger partial charge >= 0.3 is 11.6 Å². The predicted molar refractivity (Wildman–Crippen MR) is 137 cm³/mol. The van der Waals surface area contributed by atoms with Crippen molar-refractivity contribution in [1.29, 1.82) is 5.26 Å². The molecule has 202 valence electrons. The molecule has 2 N–H and O–H groups in total. The summed E-state index contributed by atoms with van der Waals surface area (Å²) in [6.07, 6.45) is 1.98. The average Bonchev–Trinajstić information content (AvgIpc) is 3.19. The van der Waals surface area contributed by atoms with Gasteiger partial charge in [0.1, 0.15) is 11.0 Å². The number of likely N-dealkylation sites (tertiary alicyclic amines) is 1. The Balaban J connectivity index is 1.66. The van der Waals surface area contributed by atoms with Crippen molar-refractivity contribution in [2.75, 3.05) is 18.4 Å². The second-order valence-corrected chi connectivity index (χ2v) is 11.2. The minimum atomic E-state index is -4.40. The Morgan fingerprint density at radius 2 is 1.87 bits per heavy atom. The molecule has 1 amide bonds. The molecule has 0 spiro atoms. The number of H-pyrrole nitrogens is 1. The standard InChI is InChI=1S/C25H27F3N6O3S/c1-23(2,3)37-22(36)33-14-10-24(9-12-29,11-15-33)34-18-8-13-30-21(35)19(18)20(32-34)31-16-4-6-17(7-5-16)38-25(26,27)28/h4-8,13H,9-11,14-15H2,1-3H3,(H,30,35)(H,31,32). The van der Waals surface area contributed by atoms with Gasteiger partial charge in [0.25, 0.3) is 5.56 Å². The number of hydrogen-bond donors (Lipinski definition) is 2. The maximum atomic E-state index is 12.8. The van der Waals surface area contributed by atoms with E-state index < -0.39 is 28.3 Å². The van der Waals surface area contributed by atoms with Crippen LogP contribution in [0.5, 0.6) is 0 Å². The van der Waals surface area contributed by atoms with Crippen molar-refractivity contribution in [3.63, 3.8) is 0 Å². The van der Waals surface area contributed by atoms with Crippen molar-refractivity contribution < 1.29 is 22.7 Å². The number of fused-ring (bicyclic) bond motifs is 1. The second-order valence-electron chi connectivity index (χ2n) is 10.1. The highest BCUT2D eigenvalue weighted by Gasteiger charge is 2.41. The van der Waals surface area contributed by atoms with Crippen molar-refractivity contribution >= 4 is 40.3 Å². The molecule has 3 heterocycles. The number of pyridine rings is 1. The zero-order valence-corrected chi connectivity index (χ0v) is 21.9. The van der Waals surface area contributed by atoms with Crippen molar-refractivity contribution in [1.82, 2.24) is 19.7 Å². The molecular weight excluding hydrogens is 521 g/mol. The molecule has 0 atom stereocenters. The molecule has 1 aliphatic rings. The first kappa shape index (κ1) is 27.4. The molecule has 0 bridgehead atoms. The number of amides is 1. The molecule has 0 unspecified atom stereocenters. The number of carbonyl (C=O) groups excluding carboxylic acids is 1. The maximum absolute atomic E-state index is 12.8. The minimum Gasteiger partial charge on any atom is -0.444 e. The Morgan fingerprint density at radius 3 is 2.45 bits per heavy atom. The van der Waals surface area contributed by atoms with Crippen LogP contribution in [-0.2, 0) is 10.3 Å². The van der Waals surface area contributed by atoms with Gasteiger partial charge in [0.2, 0.25) is 0 Å². The number of anilines is 2. The molecular formula is C25H27F3N6O3S. The lowest BCUT2D eigenvalue weighted by atomic mass is 9.85. The number of nitrogens with one attached hydrogen (secondary N) is 2. The van der Waals surface area contributed by atoms with Gasteiger partial charge in [-0.25, -0.2) is 4.79 Å². The van der Waals surface area contributed by atoms with Gasteiger partial charge in [-0.2, -0.15) is 23.5 Å². The molecule has 38 heavy (non-hydrogen) atoms. The summed E-state index contributed by atoms with van der Waals surface area (Å²) in [5.74, 6) is 0.213. The van der Waals surface area contributed by atoms with Crippen molar-refractivity contribution in [3.8, 4) is 6.07 Å². The number of aromatic amines is 1. The van der Waals surface area contributed by atoms with E-state index >= 15 is 0 Å². The Hall–Kier alpha value is -3.66. The molecule has 4 rings (SSSR count). The van der Waals surface area contributed by atoms with Crippen molar-refractivity contribution in [2.24, 2.45) is 0 Å². The Bertz CT molecular complexity index is 1410. The fourth-order valence-electron chi connectivity index (χ4n) is 4.45. The van der Waals surface area contributed by atoms with Crippen LogP contribution < -0.4 is 10.9 Å². The first-order chi connectivity index (χ1) is 17.8. The van der Waals surface area contributed by atoms with E-state index in [0.29, 0.717) is 37.1 Å². The van der Waals surface area contributed by atoms with E-state index in [1.165, 1.54) is 30.5 Å². The predicted octanol–water partition coefficient (Wildman–Crippen LogP) is 5.72. The summed E-state index contributed by atoms with van der Waals surface area (Å²) in [7, 11) is 0. The minimum absolute atomic E-state index is 0.0287. The number of benzene rings is 1. The van der Waals surface area contributed by atoms with Gasteiger partial charge in [-0.3, -0.25) is 9.48 Å². The van der Waals surface area contributed by atoms with E-state index in [9.17, 15) is 28.0 Å². The molecule has 1 aromatic carbocycles. The van der Waals surface area contributed by atoms with E-state index in [-0.39, 0.29) is 34.3 Å². The Kier molecular flexibility index (Phi) is 7.38. The molecule has 1 aliphatic heterocycles. The molecule has 0 saturated carbocycles. The lowest BCUT2D eigenvalue weighted by Gasteiger charge is -2.41. The van der Waals surface area contributed by atoms with E-state index in [4.69, 9.17) is 4.74 Å². The summed E-state index contributed by atoms with van der Waals surface area (Å²) >= 11 is -0.217. The molecule has 1 saturated heterocycles. The number of alkyl halides is 3. The van der Waals surface area contributed by atoms with Gasteiger partial charge in [0, 0.05) is 29.9 Å². The number of piperidine rings is 1. The largest absolute Gasteiger partial charge is 0.446 e. The zero-order chi connectivity index (χ0) is 27.7. The van der Waals surface area contributed by atoms with Crippen LogP contribution in [0.15, 0.2) is 46.2 Å². The van der Waals surface area contributed by atoms with E-state index in [0.717, 1.165) is 0 Å². The van der Waals surface area contributed by atoms with E-state index in [2.05, 4.69) is 21.5 Å². The highest BCUT2D eigenvalue weighted by molar-refractivity contribution is 8.00. The fourth-order valence-corrected chi connectivity index (χ4v) is 4.99. The van der Waals surface area contributed by atoms with Gasteiger partial charge < -0.3 is 19.9 Å². The summed E-state index contributed by atoms with van der Waals surface area (Å²) in [6.45, 7) is 6.04. The van der Waals surface area contributed by atoms with Crippen LogP contribution in [0.1, 0.15) is 40.0 Å². The van der Waals surface area contributed by atoms with Gasteiger partial charge in [-0.05, 0) is 75.7 Å². The molecule has 9 nitrogen and oxygen atoms in total. The highest BCUT2D eigenvalue weighted by Crippen LogP contribution is 2.39. The van der Waals surface area contributed by atoms with Crippen LogP contribution in [0.25, 0.3) is 10.9 Å². The quantitative estimate of drug-likeness (QED) is 0.392. The Morgan fingerprint density at radius 1 is 1.21 bits per heavy atom. The molecule has 1 fully saturated rings. The third-order valence-electron chi connectivity index (χ3n) is 6.16. The maximum Gasteiger partial charge on any atom is 0.446 e. The molecule has 2 aromatic heterocycles. The Labute approximate surface area is 220 Å². The number of hydrogen-bond acceptors (Lipinski definition) is 7. The van der Waals surface area contributed by atoms with Crippen LogP contribution in [0.3, 0.4) is 0 Å². The van der Waals surface area contributed by atoms with Crippen molar-refractivity contribution in [3.05, 3.63) is 46.9 Å². The van der Waals surface area contributed by atoms with E-state index in [1.54, 1.807) is 36.4 Å². The summed E-state index contributed by atoms with van der Waals surface area (Å²) in [5.41, 5.74) is -5.28. The summed E-state index contributed by atoms with van der Waals surface area (Å²) in [5, 5.41) is 17.7. The number of thioether (sulfide) groups is 1. The molecule has 0 radical (unpaired) electrons. The van der Waals surface area contributed by atoms with Gasteiger partial charge in [0.05, 0.1) is 23.5 Å². The number of carbonyl (C=O) groups is 1. The summed E-state index contributed by atoms with van der Waals surface area (Å²) < 4.78 is 45.2. The third kappa shape index (κ3) is 6.07. The second kappa shape index (κ2) is 10.2. The van der Waals surface area contributed by atoms with Crippen molar-refractivity contribution in [2.45, 2.75) is 61.6 Å². The molecule has 0 aliphatic carbocycles. The first-order valence-corrected chi connectivity index (χ1v) is 12.7. The monoisotopic (exact) mass is 548 g/mol. The van der Waals surface area contributed by atoms with Crippen LogP contribution in [0, 0.1) is 11.3 Å². The first-order valence-electron chi connectivity index (χ1n) is 11.9. The number of aromatic nitrogens is 3. The molecule has 13 heteroatoms. The fraction of sp³-hybridized carbons (Fsp3) is 0.440. The number of halogens is 3. The number of ether oxygens (including phenoxy) is 1. The van der Waals surface area contributed by atoms with Gasteiger partial charge in [-0.15, -0.1) is 0 Å². The lowest BCUT2D eigenvalue weighted by Crippen LogP contribution is -2.49. The lowest BCUT2D eigenvalue weighted by molar-refractivity contribution is -0.0328. The summed E-state index contributed by atoms with van der Waals surface area (Å²) in [4.78, 5) is 29.7. The SMILES string of the molecule is CC(C)(C)OC(=O)N1CCC(CC#N)(n2nc(Nc3ccc(SC(F)(F)F)cc3)c3c(=O)[nH]ccc32)CC1. The highest BCUT2D eigenvalue weighted by atomic mass is 32.2. The number of nitriles is 1. The van der Waals surface area contributed by atoms with Gasteiger partial charge in [-0.1, -0.05) is 0 Å². The topological polar surface area (TPSA) is 116 Å². The zero-order valence-electron chi connectivity index (χ0n) is 21.1. The summed E-state index contributed by atoms with van der Waals surface area (Å²) in [6, 6.07) is 9.52. The van der Waals surface area contributed by atoms with Crippen LogP contribution in [0.4, 0.5) is 29.5 Å². The number of nitrogens with zero attached hydrogens (tertiary/aromatic N) is 4. The molecule has 3 aromatic rings. The number of rotatable bonds is 5. The average molecular weight is 549 g/mol. The smallest absolute Gasteiger partial charge is 0.444 e. The van der Waals surface area contributed by atoms with E-state index in [1.807, 2.05) is 0 Å². The van der Waals surface area contributed by atoms with Gasteiger partial charge in [0.15, 0.2) is 5.82 Å². The normalized spacial score (nSPS) is 15.8.